The number of rotatable bonds is 6. The molecule has 0 aromatic rings. The summed E-state index contributed by atoms with van der Waals surface area (Å²) in [4.78, 5) is 25.6. The second-order valence-electron chi connectivity index (χ2n) is 5.67. The third kappa shape index (κ3) is 3.58. The van der Waals surface area contributed by atoms with Crippen LogP contribution in [0.25, 0.3) is 0 Å². The summed E-state index contributed by atoms with van der Waals surface area (Å²) in [6, 6.07) is 0.0700. The van der Waals surface area contributed by atoms with E-state index in [0.717, 1.165) is 6.42 Å². The summed E-state index contributed by atoms with van der Waals surface area (Å²) in [5.41, 5.74) is 0. The largest absolute Gasteiger partial charge is 0.481 e. The highest BCUT2D eigenvalue weighted by Crippen LogP contribution is 2.39. The number of amides is 1. The van der Waals surface area contributed by atoms with Crippen molar-refractivity contribution in [2.75, 3.05) is 6.54 Å². The molecule has 1 N–H and O–H groups in total. The molecule has 0 aliphatic heterocycles. The zero-order valence-corrected chi connectivity index (χ0v) is 12.1. The Morgan fingerprint density at radius 3 is 2.37 bits per heavy atom. The van der Waals surface area contributed by atoms with Gasteiger partial charge in [0.25, 0.3) is 0 Å². The lowest BCUT2D eigenvalue weighted by molar-refractivity contribution is -0.149. The number of carbonyl (C=O) groups excluding carboxylic acids is 1. The minimum atomic E-state index is -0.836. The van der Waals surface area contributed by atoms with Crippen LogP contribution in [-0.2, 0) is 9.59 Å². The number of carboxylic acids is 1. The molecule has 108 valence electrons. The van der Waals surface area contributed by atoms with Crippen LogP contribution in [0, 0.1) is 17.8 Å². The molecule has 3 atom stereocenters. The van der Waals surface area contributed by atoms with Gasteiger partial charge in [-0.15, -0.1) is 6.58 Å². The van der Waals surface area contributed by atoms with E-state index in [0.29, 0.717) is 25.3 Å². The smallest absolute Gasteiger partial charge is 0.307 e. The van der Waals surface area contributed by atoms with Crippen molar-refractivity contribution in [3.8, 4) is 0 Å². The molecule has 1 fully saturated rings. The summed E-state index contributed by atoms with van der Waals surface area (Å²) in [5, 5.41) is 9.31. The summed E-state index contributed by atoms with van der Waals surface area (Å²) < 4.78 is 0. The highest BCUT2D eigenvalue weighted by Gasteiger charge is 2.43. The van der Waals surface area contributed by atoms with Gasteiger partial charge < -0.3 is 10.0 Å². The Morgan fingerprint density at radius 2 is 1.95 bits per heavy atom. The Labute approximate surface area is 115 Å². The van der Waals surface area contributed by atoms with E-state index in [-0.39, 0.29) is 17.9 Å². The number of aliphatic carboxylic acids is 1. The predicted molar refractivity (Wildman–Crippen MR) is 74.7 cm³/mol. The fourth-order valence-corrected chi connectivity index (χ4v) is 2.93. The number of hydrogen-bond acceptors (Lipinski definition) is 2. The molecule has 0 saturated heterocycles. The zero-order valence-electron chi connectivity index (χ0n) is 12.1. The lowest BCUT2D eigenvalue weighted by Crippen LogP contribution is -2.43. The topological polar surface area (TPSA) is 57.6 Å². The Balaban J connectivity index is 2.88. The molecule has 1 aliphatic rings. The molecule has 1 amide bonds. The van der Waals surface area contributed by atoms with Gasteiger partial charge in [-0.25, -0.2) is 0 Å². The van der Waals surface area contributed by atoms with E-state index in [1.165, 1.54) is 0 Å². The van der Waals surface area contributed by atoms with Crippen molar-refractivity contribution in [3.05, 3.63) is 12.7 Å². The molecule has 0 radical (unpaired) electrons. The van der Waals surface area contributed by atoms with E-state index in [2.05, 4.69) is 13.5 Å². The van der Waals surface area contributed by atoms with Crippen molar-refractivity contribution in [3.63, 3.8) is 0 Å². The minimum absolute atomic E-state index is 0.0294. The summed E-state index contributed by atoms with van der Waals surface area (Å²) >= 11 is 0. The lowest BCUT2D eigenvalue weighted by Gasteiger charge is -2.29. The fraction of sp³-hybridized carbons (Fsp3) is 0.733. The van der Waals surface area contributed by atoms with E-state index in [1.54, 1.807) is 11.0 Å². The Kier molecular flexibility index (Phi) is 5.58. The van der Waals surface area contributed by atoms with E-state index in [4.69, 9.17) is 0 Å². The Hall–Kier alpha value is -1.32. The van der Waals surface area contributed by atoms with Gasteiger partial charge in [-0.1, -0.05) is 19.4 Å². The van der Waals surface area contributed by atoms with E-state index < -0.39 is 11.9 Å². The number of hydrogen-bond donors (Lipinski definition) is 1. The highest BCUT2D eigenvalue weighted by atomic mass is 16.4. The molecule has 0 bridgehead atoms. The fourth-order valence-electron chi connectivity index (χ4n) is 2.93. The van der Waals surface area contributed by atoms with Crippen LogP contribution < -0.4 is 0 Å². The monoisotopic (exact) mass is 267 g/mol. The van der Waals surface area contributed by atoms with Gasteiger partial charge >= 0.3 is 5.97 Å². The standard InChI is InChI=1S/C15H25NO3/c1-5-7-16(10(3)4)14(17)12-8-11(6-2)9-13(12)15(18)19/h5,10-13H,1,6-9H2,2-4H3,(H,18,19)/t11?,12-,13+/m0/s1. The van der Waals surface area contributed by atoms with Crippen molar-refractivity contribution in [1.29, 1.82) is 0 Å². The molecule has 1 saturated carbocycles. The van der Waals surface area contributed by atoms with Crippen LogP contribution in [0.2, 0.25) is 0 Å². The van der Waals surface area contributed by atoms with Crippen molar-refractivity contribution >= 4 is 11.9 Å². The SMILES string of the molecule is C=CCN(C(=O)[C@H]1CC(CC)C[C@H]1C(=O)O)C(C)C. The molecule has 0 heterocycles. The average Bonchev–Trinajstić information content (AvgIpc) is 2.79. The van der Waals surface area contributed by atoms with Gasteiger partial charge in [-0.2, -0.15) is 0 Å². The van der Waals surface area contributed by atoms with Gasteiger partial charge in [0.2, 0.25) is 5.91 Å². The molecule has 0 spiro atoms. The maximum Gasteiger partial charge on any atom is 0.307 e. The molecule has 1 aliphatic carbocycles. The van der Waals surface area contributed by atoms with E-state index in [1.807, 2.05) is 13.8 Å². The average molecular weight is 267 g/mol. The summed E-state index contributed by atoms with van der Waals surface area (Å²) in [7, 11) is 0. The second-order valence-corrected chi connectivity index (χ2v) is 5.67. The van der Waals surface area contributed by atoms with Gasteiger partial charge in [0.15, 0.2) is 0 Å². The van der Waals surface area contributed by atoms with Gasteiger partial charge in [0.05, 0.1) is 11.8 Å². The minimum Gasteiger partial charge on any atom is -0.481 e. The summed E-state index contributed by atoms with van der Waals surface area (Å²) in [6.07, 6.45) is 3.96. The Morgan fingerprint density at radius 1 is 1.37 bits per heavy atom. The third-order valence-corrected chi connectivity index (χ3v) is 4.10. The molecule has 19 heavy (non-hydrogen) atoms. The number of nitrogens with zero attached hydrogens (tertiary/aromatic N) is 1. The van der Waals surface area contributed by atoms with Crippen LogP contribution in [0.5, 0.6) is 0 Å². The van der Waals surface area contributed by atoms with Gasteiger partial charge in [-0.05, 0) is 32.6 Å². The normalized spacial score (nSPS) is 26.4. The first-order chi connectivity index (χ1) is 8.92. The first-order valence-electron chi connectivity index (χ1n) is 7.06. The summed E-state index contributed by atoms with van der Waals surface area (Å²) in [6.45, 7) is 10.1. The maximum absolute atomic E-state index is 12.6. The first kappa shape index (κ1) is 15.7. The van der Waals surface area contributed by atoms with E-state index in [9.17, 15) is 14.7 Å². The highest BCUT2D eigenvalue weighted by molar-refractivity contribution is 5.85. The van der Waals surface area contributed by atoms with Crippen LogP contribution >= 0.6 is 0 Å². The lowest BCUT2D eigenvalue weighted by atomic mass is 9.94. The van der Waals surface area contributed by atoms with Crippen molar-refractivity contribution < 1.29 is 14.7 Å². The van der Waals surface area contributed by atoms with Crippen LogP contribution in [0.4, 0.5) is 0 Å². The van der Waals surface area contributed by atoms with E-state index >= 15 is 0 Å². The van der Waals surface area contributed by atoms with Crippen LogP contribution in [-0.4, -0.2) is 34.5 Å². The van der Waals surface area contributed by atoms with Crippen molar-refractivity contribution in [1.82, 2.24) is 4.90 Å². The van der Waals surface area contributed by atoms with Crippen LogP contribution in [0.1, 0.15) is 40.0 Å². The molecule has 1 rings (SSSR count). The molecule has 0 aromatic heterocycles. The zero-order chi connectivity index (χ0) is 14.6. The summed E-state index contributed by atoms with van der Waals surface area (Å²) in [5.74, 6) is -1.41. The van der Waals surface area contributed by atoms with Crippen LogP contribution in [0.15, 0.2) is 12.7 Å². The molecular formula is C15H25NO3. The Bertz CT molecular complexity index is 351. The van der Waals surface area contributed by atoms with Crippen LogP contribution in [0.3, 0.4) is 0 Å². The second kappa shape index (κ2) is 6.73. The van der Waals surface area contributed by atoms with Gasteiger partial charge in [-0.3, -0.25) is 9.59 Å². The quantitative estimate of drug-likeness (QED) is 0.752. The third-order valence-electron chi connectivity index (χ3n) is 4.10. The molecule has 4 heteroatoms. The molecule has 0 aromatic carbocycles. The van der Waals surface area contributed by atoms with Crippen molar-refractivity contribution in [2.45, 2.75) is 46.1 Å². The van der Waals surface area contributed by atoms with Gasteiger partial charge in [0.1, 0.15) is 0 Å². The first-order valence-corrected chi connectivity index (χ1v) is 7.06. The molecule has 1 unspecified atom stereocenters. The number of carboxylic acid groups (broad SMARTS) is 1. The molecular weight excluding hydrogens is 242 g/mol. The van der Waals surface area contributed by atoms with Crippen molar-refractivity contribution in [2.24, 2.45) is 17.8 Å². The number of carbonyl (C=O) groups is 2. The maximum atomic E-state index is 12.6. The van der Waals surface area contributed by atoms with Gasteiger partial charge in [0, 0.05) is 12.6 Å². The molecule has 4 nitrogen and oxygen atoms in total. The predicted octanol–water partition coefficient (Wildman–Crippen LogP) is 2.55.